The summed E-state index contributed by atoms with van der Waals surface area (Å²) in [6.45, 7) is 1.57. The third-order valence-electron chi connectivity index (χ3n) is 2.59. The van der Waals surface area contributed by atoms with Gasteiger partial charge in [-0.05, 0) is 37.5 Å². The van der Waals surface area contributed by atoms with E-state index in [1.165, 1.54) is 0 Å². The molecule has 0 aliphatic heterocycles. The Balaban J connectivity index is 2.66. The Hall–Kier alpha value is -1.53. The van der Waals surface area contributed by atoms with Gasteiger partial charge in [-0.1, -0.05) is 18.2 Å². The molecule has 5 nitrogen and oxygen atoms in total. The molecule has 0 bridgehead atoms. The van der Waals surface area contributed by atoms with Crippen LogP contribution in [-0.2, 0) is 9.59 Å². The molecule has 0 spiro atoms. The van der Waals surface area contributed by atoms with E-state index in [9.17, 15) is 9.59 Å². The third kappa shape index (κ3) is 5.63. The first-order chi connectivity index (χ1) is 9.54. The van der Waals surface area contributed by atoms with Gasteiger partial charge in [0.15, 0.2) is 0 Å². The average Bonchev–Trinajstić information content (AvgIpc) is 2.43. The molecule has 0 fully saturated rings. The largest absolute Gasteiger partial charge is 0.425 e. The highest BCUT2D eigenvalue weighted by atomic mass is 32.2. The number of carbonyl (C=O) groups is 2. The van der Waals surface area contributed by atoms with Gasteiger partial charge in [0.1, 0.15) is 11.8 Å². The first-order valence-corrected chi connectivity index (χ1v) is 7.75. The Kier molecular flexibility index (Phi) is 7.11. The molecule has 0 aliphatic carbocycles. The maximum Gasteiger partial charge on any atom is 0.334 e. The summed E-state index contributed by atoms with van der Waals surface area (Å²) in [5.41, 5.74) is 5.50. The number of ether oxygens (including phenoxy) is 1. The monoisotopic (exact) mass is 296 g/mol. The van der Waals surface area contributed by atoms with Crippen molar-refractivity contribution in [2.24, 2.45) is 5.73 Å². The van der Waals surface area contributed by atoms with Crippen LogP contribution in [0.5, 0.6) is 5.75 Å². The SMILES string of the molecule is CSCC[C@H](NC(=O)[C@H](C)N)C(=O)Oc1ccccc1. The molecule has 0 unspecified atom stereocenters. The lowest BCUT2D eigenvalue weighted by Crippen LogP contribution is -2.48. The van der Waals surface area contributed by atoms with Crippen LogP contribution in [0, 0.1) is 0 Å². The van der Waals surface area contributed by atoms with E-state index < -0.39 is 18.1 Å². The zero-order chi connectivity index (χ0) is 15.0. The van der Waals surface area contributed by atoms with Crippen molar-refractivity contribution in [3.05, 3.63) is 30.3 Å². The van der Waals surface area contributed by atoms with Crippen molar-refractivity contribution >= 4 is 23.6 Å². The van der Waals surface area contributed by atoms with E-state index in [2.05, 4.69) is 5.32 Å². The molecule has 0 aliphatic rings. The number of hydrogen-bond acceptors (Lipinski definition) is 5. The standard InChI is InChI=1S/C14H20N2O3S/c1-10(15)13(17)16-12(8-9-20-2)14(18)19-11-6-4-3-5-7-11/h3-7,10,12H,8-9,15H2,1-2H3,(H,16,17)/t10-,12-/m0/s1. The van der Waals surface area contributed by atoms with Crippen molar-refractivity contribution in [1.29, 1.82) is 0 Å². The van der Waals surface area contributed by atoms with Crippen LogP contribution in [0.25, 0.3) is 0 Å². The predicted octanol–water partition coefficient (Wildman–Crippen LogP) is 1.18. The summed E-state index contributed by atoms with van der Waals surface area (Å²) in [5, 5.41) is 2.62. The van der Waals surface area contributed by atoms with Gasteiger partial charge in [-0.15, -0.1) is 0 Å². The van der Waals surface area contributed by atoms with E-state index in [0.29, 0.717) is 12.2 Å². The minimum atomic E-state index is -0.679. The van der Waals surface area contributed by atoms with Gasteiger partial charge in [0.05, 0.1) is 6.04 Å². The molecule has 1 rings (SSSR count). The molecule has 2 atom stereocenters. The summed E-state index contributed by atoms with van der Waals surface area (Å²) in [7, 11) is 0. The second-order valence-corrected chi connectivity index (χ2v) is 5.35. The number of para-hydroxylation sites is 1. The van der Waals surface area contributed by atoms with Gasteiger partial charge < -0.3 is 15.8 Å². The zero-order valence-electron chi connectivity index (χ0n) is 11.7. The normalized spacial score (nSPS) is 13.3. The predicted molar refractivity (Wildman–Crippen MR) is 80.7 cm³/mol. The van der Waals surface area contributed by atoms with E-state index >= 15 is 0 Å². The highest BCUT2D eigenvalue weighted by molar-refractivity contribution is 7.98. The highest BCUT2D eigenvalue weighted by Crippen LogP contribution is 2.11. The molecule has 20 heavy (non-hydrogen) atoms. The van der Waals surface area contributed by atoms with Crippen molar-refractivity contribution in [3.8, 4) is 5.75 Å². The lowest BCUT2D eigenvalue weighted by molar-refractivity contribution is -0.139. The first-order valence-electron chi connectivity index (χ1n) is 6.36. The molecule has 1 aromatic carbocycles. The number of amides is 1. The molecule has 1 amide bonds. The Morgan fingerprint density at radius 2 is 2.00 bits per heavy atom. The van der Waals surface area contributed by atoms with E-state index in [4.69, 9.17) is 10.5 Å². The second kappa shape index (κ2) is 8.60. The molecule has 0 radical (unpaired) electrons. The fraction of sp³-hybridized carbons (Fsp3) is 0.429. The summed E-state index contributed by atoms with van der Waals surface area (Å²) >= 11 is 1.60. The molecular weight excluding hydrogens is 276 g/mol. The summed E-state index contributed by atoms with van der Waals surface area (Å²) in [6.07, 6.45) is 2.44. The number of rotatable bonds is 7. The number of esters is 1. The van der Waals surface area contributed by atoms with Crippen LogP contribution >= 0.6 is 11.8 Å². The Morgan fingerprint density at radius 1 is 1.35 bits per heavy atom. The fourth-order valence-electron chi connectivity index (χ4n) is 1.46. The molecule has 0 saturated carbocycles. The van der Waals surface area contributed by atoms with Gasteiger partial charge in [0, 0.05) is 0 Å². The minimum Gasteiger partial charge on any atom is -0.425 e. The van der Waals surface area contributed by atoms with Crippen molar-refractivity contribution in [2.45, 2.75) is 25.4 Å². The van der Waals surface area contributed by atoms with Gasteiger partial charge in [0.25, 0.3) is 0 Å². The maximum absolute atomic E-state index is 12.1. The van der Waals surface area contributed by atoms with E-state index in [-0.39, 0.29) is 5.91 Å². The lowest BCUT2D eigenvalue weighted by Gasteiger charge is -2.18. The molecule has 0 aromatic heterocycles. The van der Waals surface area contributed by atoms with Crippen LogP contribution in [0.4, 0.5) is 0 Å². The van der Waals surface area contributed by atoms with Crippen LogP contribution in [-0.4, -0.2) is 36.0 Å². The summed E-state index contributed by atoms with van der Waals surface area (Å²) < 4.78 is 5.25. The first kappa shape index (κ1) is 16.5. The zero-order valence-corrected chi connectivity index (χ0v) is 12.5. The fourth-order valence-corrected chi connectivity index (χ4v) is 1.94. The van der Waals surface area contributed by atoms with Gasteiger partial charge in [-0.3, -0.25) is 4.79 Å². The molecule has 110 valence electrons. The number of nitrogens with two attached hydrogens (primary N) is 1. The maximum atomic E-state index is 12.1. The lowest BCUT2D eigenvalue weighted by atomic mass is 10.2. The van der Waals surface area contributed by atoms with Crippen molar-refractivity contribution < 1.29 is 14.3 Å². The van der Waals surface area contributed by atoms with Crippen molar-refractivity contribution in [1.82, 2.24) is 5.32 Å². The van der Waals surface area contributed by atoms with E-state index in [0.717, 1.165) is 5.75 Å². The average molecular weight is 296 g/mol. The Labute approximate surface area is 123 Å². The van der Waals surface area contributed by atoms with Crippen LogP contribution in [0.3, 0.4) is 0 Å². The molecule has 6 heteroatoms. The molecule has 3 N–H and O–H groups in total. The smallest absolute Gasteiger partial charge is 0.334 e. The molecule has 0 saturated heterocycles. The number of hydrogen-bond donors (Lipinski definition) is 2. The van der Waals surface area contributed by atoms with Crippen LogP contribution in [0.2, 0.25) is 0 Å². The highest BCUT2D eigenvalue weighted by Gasteiger charge is 2.23. The van der Waals surface area contributed by atoms with Gasteiger partial charge in [-0.25, -0.2) is 4.79 Å². The number of thioether (sulfide) groups is 1. The van der Waals surface area contributed by atoms with Gasteiger partial charge in [-0.2, -0.15) is 11.8 Å². The van der Waals surface area contributed by atoms with Gasteiger partial charge >= 0.3 is 5.97 Å². The number of carbonyl (C=O) groups excluding carboxylic acids is 2. The Bertz CT molecular complexity index is 437. The quantitative estimate of drug-likeness (QED) is 0.583. The summed E-state index contributed by atoms with van der Waals surface area (Å²) in [4.78, 5) is 23.7. The van der Waals surface area contributed by atoms with Crippen LogP contribution in [0.15, 0.2) is 30.3 Å². The van der Waals surface area contributed by atoms with E-state index in [1.807, 2.05) is 12.3 Å². The summed E-state index contributed by atoms with van der Waals surface area (Å²) in [5.74, 6) is 0.371. The van der Waals surface area contributed by atoms with Crippen LogP contribution < -0.4 is 15.8 Å². The minimum absolute atomic E-state index is 0.360. The van der Waals surface area contributed by atoms with Crippen molar-refractivity contribution in [2.75, 3.05) is 12.0 Å². The third-order valence-corrected chi connectivity index (χ3v) is 3.23. The van der Waals surface area contributed by atoms with Gasteiger partial charge in [0.2, 0.25) is 5.91 Å². The number of nitrogens with one attached hydrogen (secondary N) is 1. The summed E-state index contributed by atoms with van der Waals surface area (Å²) in [6, 6.07) is 7.44. The second-order valence-electron chi connectivity index (χ2n) is 4.37. The topological polar surface area (TPSA) is 81.4 Å². The van der Waals surface area contributed by atoms with Crippen LogP contribution in [0.1, 0.15) is 13.3 Å². The van der Waals surface area contributed by atoms with Crippen molar-refractivity contribution in [3.63, 3.8) is 0 Å². The molecular formula is C14H20N2O3S. The molecule has 1 aromatic rings. The number of benzene rings is 1. The van der Waals surface area contributed by atoms with E-state index in [1.54, 1.807) is 43.0 Å². The molecule has 0 heterocycles. The Morgan fingerprint density at radius 3 is 2.55 bits per heavy atom.